The monoisotopic (exact) mass is 159 g/mol. The maximum atomic E-state index is 10.3. The maximum Gasteiger partial charge on any atom is 0.330 e. The van der Waals surface area contributed by atoms with E-state index in [1.807, 2.05) is 0 Å². The van der Waals surface area contributed by atoms with Gasteiger partial charge < -0.3 is 10.4 Å². The number of hydrogen-bond donors (Lipinski definition) is 2. The Labute approximate surface area is 63.0 Å². The topological polar surface area (TPSA) is 49.3 Å². The summed E-state index contributed by atoms with van der Waals surface area (Å²) < 4.78 is 0. The second kappa shape index (κ2) is 2.75. The molecule has 2 N–H and O–H groups in total. The quantitative estimate of drug-likeness (QED) is 0.592. The Morgan fingerprint density at radius 3 is 2.90 bits per heavy atom. The molecular weight excluding hydrogens is 154 g/mol. The second-order valence-corrected chi connectivity index (χ2v) is 2.30. The molecule has 0 radical (unpaired) electrons. The van der Waals surface area contributed by atoms with Crippen molar-refractivity contribution in [3.8, 4) is 0 Å². The molecule has 1 aliphatic rings. The van der Waals surface area contributed by atoms with Gasteiger partial charge in [0.2, 0.25) is 0 Å². The Hall–Kier alpha value is -0.960. The van der Waals surface area contributed by atoms with Gasteiger partial charge in [0.05, 0.1) is 0 Å². The van der Waals surface area contributed by atoms with Gasteiger partial charge >= 0.3 is 5.97 Å². The standard InChI is InChI=1S/C6H6ClNO2/c7-4-1-2-8-5(3-4)6(9)10/h1-3,5,8H,(H,9,10). The van der Waals surface area contributed by atoms with Gasteiger partial charge in [0, 0.05) is 5.03 Å². The molecule has 0 bridgehead atoms. The zero-order valence-electron chi connectivity index (χ0n) is 5.04. The van der Waals surface area contributed by atoms with Crippen LogP contribution < -0.4 is 5.32 Å². The minimum Gasteiger partial charge on any atom is -0.479 e. The van der Waals surface area contributed by atoms with Crippen LogP contribution in [0, 0.1) is 0 Å². The number of dihydropyridines is 1. The van der Waals surface area contributed by atoms with E-state index < -0.39 is 12.0 Å². The lowest BCUT2D eigenvalue weighted by atomic mass is 10.2. The van der Waals surface area contributed by atoms with Crippen LogP contribution in [-0.2, 0) is 4.79 Å². The number of aliphatic carboxylic acids is 1. The van der Waals surface area contributed by atoms with Crippen LogP contribution in [0.15, 0.2) is 23.4 Å². The van der Waals surface area contributed by atoms with Crippen LogP contribution in [-0.4, -0.2) is 17.1 Å². The molecule has 1 aliphatic heterocycles. The molecule has 0 amide bonds. The van der Waals surface area contributed by atoms with E-state index in [4.69, 9.17) is 16.7 Å². The highest BCUT2D eigenvalue weighted by Crippen LogP contribution is 2.08. The summed E-state index contributed by atoms with van der Waals surface area (Å²) in [6, 6.07) is -0.683. The zero-order valence-corrected chi connectivity index (χ0v) is 5.80. The smallest absolute Gasteiger partial charge is 0.330 e. The summed E-state index contributed by atoms with van der Waals surface area (Å²) in [6.45, 7) is 0. The summed E-state index contributed by atoms with van der Waals surface area (Å²) in [6.07, 6.45) is 4.55. The van der Waals surface area contributed by atoms with Crippen LogP contribution in [0.4, 0.5) is 0 Å². The van der Waals surface area contributed by atoms with Gasteiger partial charge in [-0.3, -0.25) is 0 Å². The molecule has 1 rings (SSSR count). The maximum absolute atomic E-state index is 10.3. The molecule has 54 valence electrons. The first kappa shape index (κ1) is 7.15. The normalized spacial score (nSPS) is 23.3. The van der Waals surface area contributed by atoms with Crippen molar-refractivity contribution in [2.75, 3.05) is 0 Å². The highest BCUT2D eigenvalue weighted by molar-refractivity contribution is 6.31. The summed E-state index contributed by atoms with van der Waals surface area (Å²) in [5.74, 6) is -0.928. The van der Waals surface area contributed by atoms with Crippen LogP contribution >= 0.6 is 11.6 Å². The fraction of sp³-hybridized carbons (Fsp3) is 0.167. The highest BCUT2D eigenvalue weighted by atomic mass is 35.5. The molecule has 0 aromatic carbocycles. The van der Waals surface area contributed by atoms with Gasteiger partial charge in [0.15, 0.2) is 0 Å². The van der Waals surface area contributed by atoms with Crippen molar-refractivity contribution in [3.63, 3.8) is 0 Å². The van der Waals surface area contributed by atoms with Crippen molar-refractivity contribution < 1.29 is 9.90 Å². The molecule has 0 fully saturated rings. The number of rotatable bonds is 1. The molecule has 0 aromatic rings. The zero-order chi connectivity index (χ0) is 7.56. The largest absolute Gasteiger partial charge is 0.479 e. The molecule has 0 spiro atoms. The van der Waals surface area contributed by atoms with Crippen molar-refractivity contribution >= 4 is 17.6 Å². The fourth-order valence-electron chi connectivity index (χ4n) is 0.637. The van der Waals surface area contributed by atoms with Crippen molar-refractivity contribution in [3.05, 3.63) is 23.4 Å². The number of nitrogens with one attached hydrogen (secondary N) is 1. The first-order chi connectivity index (χ1) is 4.70. The molecule has 0 aromatic heterocycles. The minimum absolute atomic E-state index is 0.450. The van der Waals surface area contributed by atoms with Crippen molar-refractivity contribution in [2.24, 2.45) is 0 Å². The van der Waals surface area contributed by atoms with Crippen LogP contribution in [0.2, 0.25) is 0 Å². The molecule has 0 aliphatic carbocycles. The lowest BCUT2D eigenvalue weighted by Crippen LogP contribution is -2.32. The predicted octanol–water partition coefficient (Wildman–Crippen LogP) is 0.679. The SMILES string of the molecule is O=C(O)C1C=C(Cl)C=CN1. The van der Waals surface area contributed by atoms with E-state index in [9.17, 15) is 4.79 Å². The summed E-state index contributed by atoms with van der Waals surface area (Å²) in [4.78, 5) is 10.3. The molecule has 10 heavy (non-hydrogen) atoms. The average molecular weight is 160 g/mol. The number of carboxylic acid groups (broad SMARTS) is 1. The summed E-state index contributed by atoms with van der Waals surface area (Å²) in [5, 5.41) is 11.5. The van der Waals surface area contributed by atoms with E-state index in [-0.39, 0.29) is 0 Å². The molecule has 0 saturated carbocycles. The molecule has 1 unspecified atom stereocenters. The number of hydrogen-bond acceptors (Lipinski definition) is 2. The Morgan fingerprint density at radius 1 is 1.80 bits per heavy atom. The van der Waals surface area contributed by atoms with Crippen LogP contribution in [0.5, 0.6) is 0 Å². The number of halogens is 1. The van der Waals surface area contributed by atoms with Gasteiger partial charge in [-0.1, -0.05) is 11.6 Å². The number of carboxylic acids is 1. The summed E-state index contributed by atoms with van der Waals surface area (Å²) >= 11 is 5.53. The first-order valence-corrected chi connectivity index (χ1v) is 3.10. The third-order valence-electron chi connectivity index (χ3n) is 1.11. The van der Waals surface area contributed by atoms with Crippen LogP contribution in [0.1, 0.15) is 0 Å². The number of allylic oxidation sites excluding steroid dienone is 2. The summed E-state index contributed by atoms with van der Waals surface area (Å²) in [7, 11) is 0. The Kier molecular flexibility index (Phi) is 1.97. The van der Waals surface area contributed by atoms with Crippen molar-refractivity contribution in [2.45, 2.75) is 6.04 Å². The Morgan fingerprint density at radius 2 is 2.50 bits per heavy atom. The van der Waals surface area contributed by atoms with Gasteiger partial charge in [0.25, 0.3) is 0 Å². The highest BCUT2D eigenvalue weighted by Gasteiger charge is 2.14. The molecule has 0 saturated heterocycles. The van der Waals surface area contributed by atoms with Crippen molar-refractivity contribution in [1.82, 2.24) is 5.32 Å². The molecule has 3 nitrogen and oxygen atoms in total. The minimum atomic E-state index is -0.928. The van der Waals surface area contributed by atoms with Gasteiger partial charge in [-0.15, -0.1) is 0 Å². The Bertz CT molecular complexity index is 210. The van der Waals surface area contributed by atoms with E-state index in [2.05, 4.69) is 5.32 Å². The predicted molar refractivity (Wildman–Crippen MR) is 37.6 cm³/mol. The molecule has 1 heterocycles. The third-order valence-corrected chi connectivity index (χ3v) is 1.36. The van der Waals surface area contributed by atoms with Gasteiger partial charge in [-0.2, -0.15) is 0 Å². The Balaban J connectivity index is 2.69. The van der Waals surface area contributed by atoms with Crippen LogP contribution in [0.3, 0.4) is 0 Å². The third kappa shape index (κ3) is 1.51. The molecule has 1 atom stereocenters. The van der Waals surface area contributed by atoms with Gasteiger partial charge in [-0.25, -0.2) is 4.79 Å². The van der Waals surface area contributed by atoms with Crippen molar-refractivity contribution in [1.29, 1.82) is 0 Å². The lowest BCUT2D eigenvalue weighted by molar-refractivity contribution is -0.137. The summed E-state index contributed by atoms with van der Waals surface area (Å²) in [5.41, 5.74) is 0. The van der Waals surface area contributed by atoms with E-state index in [1.165, 1.54) is 12.3 Å². The van der Waals surface area contributed by atoms with Gasteiger partial charge in [-0.05, 0) is 18.4 Å². The van der Waals surface area contributed by atoms with E-state index >= 15 is 0 Å². The fourth-order valence-corrected chi connectivity index (χ4v) is 0.826. The molecular formula is C6H6ClNO2. The van der Waals surface area contributed by atoms with E-state index in [1.54, 1.807) is 6.08 Å². The average Bonchev–Trinajstić information content (AvgIpc) is 1.88. The van der Waals surface area contributed by atoms with Crippen LogP contribution in [0.25, 0.3) is 0 Å². The second-order valence-electron chi connectivity index (χ2n) is 1.87. The molecule has 4 heteroatoms. The lowest BCUT2D eigenvalue weighted by Gasteiger charge is -2.11. The van der Waals surface area contributed by atoms with E-state index in [0.29, 0.717) is 5.03 Å². The van der Waals surface area contributed by atoms with E-state index in [0.717, 1.165) is 0 Å². The van der Waals surface area contributed by atoms with Gasteiger partial charge in [0.1, 0.15) is 6.04 Å². The first-order valence-electron chi connectivity index (χ1n) is 2.73. The number of carbonyl (C=O) groups is 1.